The van der Waals surface area contributed by atoms with Gasteiger partial charge in [0.25, 0.3) is 0 Å². The molecule has 76 valence electrons. The van der Waals surface area contributed by atoms with Gasteiger partial charge in [-0.25, -0.2) is 4.98 Å². The van der Waals surface area contributed by atoms with Gasteiger partial charge in [-0.05, 0) is 30.9 Å². The summed E-state index contributed by atoms with van der Waals surface area (Å²) in [4.78, 5) is 4.26. The molecule has 3 heteroatoms. The fourth-order valence-corrected chi connectivity index (χ4v) is 1.36. The van der Waals surface area contributed by atoms with Crippen molar-refractivity contribution >= 4 is 5.82 Å². The largest absolute Gasteiger partial charge is 0.388 e. The molecule has 1 aliphatic carbocycles. The zero-order valence-electron chi connectivity index (χ0n) is 8.40. The van der Waals surface area contributed by atoms with E-state index in [1.165, 1.54) is 12.8 Å². The van der Waals surface area contributed by atoms with E-state index in [4.69, 9.17) is 0 Å². The van der Waals surface area contributed by atoms with Gasteiger partial charge >= 0.3 is 0 Å². The van der Waals surface area contributed by atoms with E-state index in [-0.39, 0.29) is 6.10 Å². The molecule has 3 nitrogen and oxygen atoms in total. The molecule has 0 bridgehead atoms. The molecule has 0 saturated heterocycles. The molecular weight excluding hydrogens is 176 g/mol. The lowest BCUT2D eigenvalue weighted by atomic mass is 10.1. The lowest BCUT2D eigenvalue weighted by molar-refractivity contribution is 0.173. The van der Waals surface area contributed by atoms with Crippen LogP contribution in [0.1, 0.15) is 37.9 Å². The fraction of sp³-hybridized carbons (Fsp3) is 0.545. The van der Waals surface area contributed by atoms with Gasteiger partial charge < -0.3 is 10.4 Å². The summed E-state index contributed by atoms with van der Waals surface area (Å²) < 4.78 is 0. The number of pyridine rings is 1. The van der Waals surface area contributed by atoms with Gasteiger partial charge in [-0.15, -0.1) is 0 Å². The lowest BCUT2D eigenvalue weighted by Crippen LogP contribution is -2.03. The fourth-order valence-electron chi connectivity index (χ4n) is 1.36. The second-order valence-electron chi connectivity index (χ2n) is 3.82. The Morgan fingerprint density at radius 1 is 1.57 bits per heavy atom. The van der Waals surface area contributed by atoms with Gasteiger partial charge in [-0.1, -0.05) is 13.0 Å². The summed E-state index contributed by atoms with van der Waals surface area (Å²) in [6, 6.07) is 4.50. The summed E-state index contributed by atoms with van der Waals surface area (Å²) in [6.45, 7) is 1.96. The van der Waals surface area contributed by atoms with E-state index >= 15 is 0 Å². The third-order valence-corrected chi connectivity index (χ3v) is 2.49. The number of nitrogens with zero attached hydrogens (tertiary/aromatic N) is 1. The van der Waals surface area contributed by atoms with Crippen LogP contribution in [0.3, 0.4) is 0 Å². The van der Waals surface area contributed by atoms with Crippen molar-refractivity contribution < 1.29 is 5.11 Å². The Balaban J connectivity index is 2.01. The van der Waals surface area contributed by atoms with E-state index in [1.54, 1.807) is 6.20 Å². The number of rotatable bonds is 4. The average molecular weight is 192 g/mol. The van der Waals surface area contributed by atoms with Crippen molar-refractivity contribution in [2.75, 3.05) is 5.32 Å². The van der Waals surface area contributed by atoms with Crippen LogP contribution in [0, 0.1) is 0 Å². The minimum Gasteiger partial charge on any atom is -0.388 e. The van der Waals surface area contributed by atoms with Gasteiger partial charge in [0, 0.05) is 12.2 Å². The van der Waals surface area contributed by atoms with E-state index in [0.29, 0.717) is 6.04 Å². The molecule has 0 radical (unpaired) electrons. The molecule has 0 aromatic carbocycles. The van der Waals surface area contributed by atoms with Crippen molar-refractivity contribution in [1.29, 1.82) is 0 Å². The van der Waals surface area contributed by atoms with E-state index in [9.17, 15) is 5.11 Å². The molecule has 1 saturated carbocycles. The maximum absolute atomic E-state index is 9.55. The van der Waals surface area contributed by atoms with Crippen molar-refractivity contribution in [3.05, 3.63) is 23.9 Å². The molecule has 1 aromatic rings. The number of nitrogens with one attached hydrogen (secondary N) is 1. The Morgan fingerprint density at radius 3 is 2.86 bits per heavy atom. The first-order valence-electron chi connectivity index (χ1n) is 5.20. The summed E-state index contributed by atoms with van der Waals surface area (Å²) in [6.07, 6.45) is 4.61. The standard InChI is InChI=1S/C11H16N2O/c1-2-10(14)8-3-6-11(12-7-8)13-9-4-5-9/h3,6-7,9-10,14H,2,4-5H2,1H3,(H,12,13). The summed E-state index contributed by atoms with van der Waals surface area (Å²) >= 11 is 0. The van der Waals surface area contributed by atoms with Crippen LogP contribution >= 0.6 is 0 Å². The first-order chi connectivity index (χ1) is 6.79. The van der Waals surface area contributed by atoms with Crippen LogP contribution < -0.4 is 5.32 Å². The van der Waals surface area contributed by atoms with Gasteiger partial charge in [0.2, 0.25) is 0 Å². The van der Waals surface area contributed by atoms with E-state index in [2.05, 4.69) is 10.3 Å². The van der Waals surface area contributed by atoms with Gasteiger partial charge in [0.1, 0.15) is 5.82 Å². The quantitative estimate of drug-likeness (QED) is 0.768. The minimum absolute atomic E-state index is 0.377. The molecule has 0 amide bonds. The Hall–Kier alpha value is -1.09. The molecule has 1 unspecified atom stereocenters. The highest BCUT2D eigenvalue weighted by Gasteiger charge is 2.21. The van der Waals surface area contributed by atoms with Crippen molar-refractivity contribution in [3.63, 3.8) is 0 Å². The second kappa shape index (κ2) is 3.96. The Kier molecular flexibility index (Phi) is 2.68. The number of aliphatic hydroxyl groups is 1. The first-order valence-corrected chi connectivity index (χ1v) is 5.20. The maximum atomic E-state index is 9.55. The normalized spacial score (nSPS) is 17.9. The minimum atomic E-state index is -0.377. The molecular formula is C11H16N2O. The first kappa shape index (κ1) is 9.46. The second-order valence-corrected chi connectivity index (χ2v) is 3.82. The third kappa shape index (κ3) is 2.23. The van der Waals surface area contributed by atoms with E-state index in [0.717, 1.165) is 17.8 Å². The zero-order valence-corrected chi connectivity index (χ0v) is 8.40. The van der Waals surface area contributed by atoms with Crippen LogP contribution in [0.15, 0.2) is 18.3 Å². The van der Waals surface area contributed by atoms with Crippen LogP contribution in [0.5, 0.6) is 0 Å². The molecule has 1 fully saturated rings. The molecule has 14 heavy (non-hydrogen) atoms. The van der Waals surface area contributed by atoms with Crippen molar-refractivity contribution in [3.8, 4) is 0 Å². The number of anilines is 1. The molecule has 0 aliphatic heterocycles. The Labute approximate surface area is 84.2 Å². The Morgan fingerprint density at radius 2 is 2.36 bits per heavy atom. The molecule has 1 aliphatic rings. The lowest BCUT2D eigenvalue weighted by Gasteiger charge is -2.08. The van der Waals surface area contributed by atoms with Crippen LogP contribution in [0.25, 0.3) is 0 Å². The number of hydrogen-bond donors (Lipinski definition) is 2. The highest BCUT2D eigenvalue weighted by molar-refractivity contribution is 5.38. The molecule has 1 heterocycles. The predicted octanol–water partition coefficient (Wildman–Crippen LogP) is 2.10. The molecule has 1 atom stereocenters. The highest BCUT2D eigenvalue weighted by Crippen LogP contribution is 2.24. The predicted molar refractivity (Wildman–Crippen MR) is 56.1 cm³/mol. The molecule has 0 spiro atoms. The van der Waals surface area contributed by atoms with Crippen LogP contribution in [-0.4, -0.2) is 16.1 Å². The van der Waals surface area contributed by atoms with Crippen molar-refractivity contribution in [2.45, 2.75) is 38.3 Å². The SMILES string of the molecule is CCC(O)c1ccc(NC2CC2)nc1. The van der Waals surface area contributed by atoms with Gasteiger partial charge in [0.15, 0.2) is 0 Å². The van der Waals surface area contributed by atoms with Crippen LogP contribution in [0.4, 0.5) is 5.82 Å². The average Bonchev–Trinajstić information content (AvgIpc) is 3.02. The summed E-state index contributed by atoms with van der Waals surface area (Å²) in [5.74, 6) is 0.916. The van der Waals surface area contributed by atoms with Gasteiger partial charge in [0.05, 0.1) is 6.10 Å². The topological polar surface area (TPSA) is 45.1 Å². The van der Waals surface area contributed by atoms with Crippen LogP contribution in [-0.2, 0) is 0 Å². The maximum Gasteiger partial charge on any atom is 0.126 e. The summed E-state index contributed by atoms with van der Waals surface area (Å²) in [5, 5.41) is 12.9. The Bertz CT molecular complexity index is 293. The third-order valence-electron chi connectivity index (χ3n) is 2.49. The van der Waals surface area contributed by atoms with E-state index < -0.39 is 0 Å². The molecule has 2 N–H and O–H groups in total. The number of aliphatic hydroxyl groups excluding tert-OH is 1. The summed E-state index contributed by atoms with van der Waals surface area (Å²) in [5.41, 5.74) is 0.897. The summed E-state index contributed by atoms with van der Waals surface area (Å²) in [7, 11) is 0. The van der Waals surface area contributed by atoms with Gasteiger partial charge in [-0.3, -0.25) is 0 Å². The van der Waals surface area contributed by atoms with Gasteiger partial charge in [-0.2, -0.15) is 0 Å². The molecule has 1 aromatic heterocycles. The smallest absolute Gasteiger partial charge is 0.126 e. The van der Waals surface area contributed by atoms with E-state index in [1.807, 2.05) is 19.1 Å². The van der Waals surface area contributed by atoms with Crippen LogP contribution in [0.2, 0.25) is 0 Å². The number of aromatic nitrogens is 1. The zero-order chi connectivity index (χ0) is 9.97. The molecule has 2 rings (SSSR count). The van der Waals surface area contributed by atoms with Crippen molar-refractivity contribution in [1.82, 2.24) is 4.98 Å². The monoisotopic (exact) mass is 192 g/mol. The number of hydrogen-bond acceptors (Lipinski definition) is 3. The highest BCUT2D eigenvalue weighted by atomic mass is 16.3. The van der Waals surface area contributed by atoms with Crippen molar-refractivity contribution in [2.24, 2.45) is 0 Å².